The molecule has 0 saturated carbocycles. The minimum Gasteiger partial charge on any atom is -0.381 e. The zero-order chi connectivity index (χ0) is 12.8. The first-order valence-corrected chi connectivity index (χ1v) is 8.13. The summed E-state index contributed by atoms with van der Waals surface area (Å²) < 4.78 is 5.68. The van der Waals surface area contributed by atoms with Crippen molar-refractivity contribution < 1.29 is 4.74 Å². The molecule has 0 radical (unpaired) electrons. The van der Waals surface area contributed by atoms with E-state index in [0.717, 1.165) is 24.9 Å². The van der Waals surface area contributed by atoms with Gasteiger partial charge in [0.25, 0.3) is 0 Å². The highest BCUT2D eigenvalue weighted by molar-refractivity contribution is 7.80. The smallest absolute Gasteiger partial charge is 0.0491 e. The molecule has 0 aliphatic rings. The molecular formula is C15H32OS. The average Bonchev–Trinajstić information content (AvgIpc) is 2.32. The van der Waals surface area contributed by atoms with Crippen molar-refractivity contribution >= 4 is 12.6 Å². The summed E-state index contributed by atoms with van der Waals surface area (Å²) in [6, 6.07) is 0. The van der Waals surface area contributed by atoms with E-state index in [0.29, 0.717) is 0 Å². The van der Waals surface area contributed by atoms with Gasteiger partial charge >= 0.3 is 0 Å². The summed E-state index contributed by atoms with van der Waals surface area (Å²) in [6.45, 7) is 6.44. The van der Waals surface area contributed by atoms with Crippen molar-refractivity contribution in [2.75, 3.05) is 19.0 Å². The van der Waals surface area contributed by atoms with Crippen molar-refractivity contribution in [3.63, 3.8) is 0 Å². The number of unbranched alkanes of at least 4 members (excludes halogenated alkanes) is 6. The second kappa shape index (κ2) is 14.4. The molecule has 0 N–H and O–H groups in total. The molecule has 0 aromatic carbocycles. The topological polar surface area (TPSA) is 9.23 Å². The zero-order valence-electron chi connectivity index (χ0n) is 11.9. The van der Waals surface area contributed by atoms with E-state index in [4.69, 9.17) is 4.74 Å². The fourth-order valence-electron chi connectivity index (χ4n) is 2.06. The Morgan fingerprint density at radius 1 is 0.941 bits per heavy atom. The van der Waals surface area contributed by atoms with Crippen LogP contribution in [0.5, 0.6) is 0 Å². The number of rotatable bonds is 13. The highest BCUT2D eigenvalue weighted by Crippen LogP contribution is 2.09. The SMILES string of the molecule is CCCC(C)COCCCCCCCCCS. The third kappa shape index (κ3) is 14.2. The van der Waals surface area contributed by atoms with Gasteiger partial charge in [0.2, 0.25) is 0 Å². The quantitative estimate of drug-likeness (QED) is 0.358. The molecule has 0 aromatic rings. The maximum atomic E-state index is 5.68. The summed E-state index contributed by atoms with van der Waals surface area (Å²) in [5.41, 5.74) is 0. The molecule has 1 atom stereocenters. The molecule has 0 rings (SSSR count). The summed E-state index contributed by atoms with van der Waals surface area (Å²) in [5.74, 6) is 1.78. The summed E-state index contributed by atoms with van der Waals surface area (Å²) in [4.78, 5) is 0. The first kappa shape index (κ1) is 17.3. The van der Waals surface area contributed by atoms with Gasteiger partial charge < -0.3 is 4.74 Å². The summed E-state index contributed by atoms with van der Waals surface area (Å²) >= 11 is 4.22. The zero-order valence-corrected chi connectivity index (χ0v) is 12.8. The molecule has 17 heavy (non-hydrogen) atoms. The van der Waals surface area contributed by atoms with Crippen LogP contribution in [-0.4, -0.2) is 19.0 Å². The van der Waals surface area contributed by atoms with E-state index in [-0.39, 0.29) is 0 Å². The van der Waals surface area contributed by atoms with Gasteiger partial charge in [0, 0.05) is 13.2 Å². The van der Waals surface area contributed by atoms with E-state index in [9.17, 15) is 0 Å². The van der Waals surface area contributed by atoms with E-state index in [1.165, 1.54) is 57.8 Å². The number of hydrogen-bond donors (Lipinski definition) is 1. The number of ether oxygens (including phenoxy) is 1. The van der Waals surface area contributed by atoms with Gasteiger partial charge in [-0.1, -0.05) is 52.4 Å². The summed E-state index contributed by atoms with van der Waals surface area (Å²) in [6.07, 6.45) is 11.9. The first-order chi connectivity index (χ1) is 8.31. The molecule has 0 aromatic heterocycles. The van der Waals surface area contributed by atoms with Crippen LogP contribution >= 0.6 is 12.6 Å². The lowest BCUT2D eigenvalue weighted by molar-refractivity contribution is 0.0983. The third-order valence-corrected chi connectivity index (χ3v) is 3.45. The minimum absolute atomic E-state index is 0.737. The summed E-state index contributed by atoms with van der Waals surface area (Å²) in [7, 11) is 0. The molecule has 0 fully saturated rings. The Morgan fingerprint density at radius 3 is 2.12 bits per heavy atom. The number of hydrogen-bond acceptors (Lipinski definition) is 2. The Bertz CT molecular complexity index is 139. The van der Waals surface area contributed by atoms with Crippen LogP contribution in [0.15, 0.2) is 0 Å². The largest absolute Gasteiger partial charge is 0.381 e. The molecule has 0 heterocycles. The molecular weight excluding hydrogens is 228 g/mol. The maximum Gasteiger partial charge on any atom is 0.0491 e. The highest BCUT2D eigenvalue weighted by Gasteiger charge is 1.99. The lowest BCUT2D eigenvalue weighted by atomic mass is 10.1. The lowest BCUT2D eigenvalue weighted by Gasteiger charge is -2.10. The monoisotopic (exact) mass is 260 g/mol. The van der Waals surface area contributed by atoms with Crippen molar-refractivity contribution in [1.29, 1.82) is 0 Å². The molecule has 1 unspecified atom stereocenters. The van der Waals surface area contributed by atoms with E-state index < -0.39 is 0 Å². The van der Waals surface area contributed by atoms with Crippen LogP contribution in [0, 0.1) is 5.92 Å². The maximum absolute atomic E-state index is 5.68. The van der Waals surface area contributed by atoms with Gasteiger partial charge in [0.1, 0.15) is 0 Å². The van der Waals surface area contributed by atoms with Crippen LogP contribution in [0.1, 0.15) is 71.6 Å². The minimum atomic E-state index is 0.737. The Morgan fingerprint density at radius 2 is 1.53 bits per heavy atom. The Kier molecular flexibility index (Phi) is 14.6. The Balaban J connectivity index is 2.98. The molecule has 0 amide bonds. The van der Waals surface area contributed by atoms with Gasteiger partial charge in [-0.15, -0.1) is 0 Å². The van der Waals surface area contributed by atoms with Crippen molar-refractivity contribution in [2.24, 2.45) is 5.92 Å². The van der Waals surface area contributed by atoms with Crippen LogP contribution < -0.4 is 0 Å². The lowest BCUT2D eigenvalue weighted by Crippen LogP contribution is -2.06. The Labute approximate surface area is 114 Å². The molecule has 1 nitrogen and oxygen atoms in total. The first-order valence-electron chi connectivity index (χ1n) is 7.49. The predicted octanol–water partition coefficient (Wildman–Crippen LogP) is 5.10. The van der Waals surface area contributed by atoms with Crippen LogP contribution in [0.3, 0.4) is 0 Å². The molecule has 0 bridgehead atoms. The van der Waals surface area contributed by atoms with Gasteiger partial charge in [0.05, 0.1) is 0 Å². The average molecular weight is 260 g/mol. The van der Waals surface area contributed by atoms with Crippen LogP contribution in [0.25, 0.3) is 0 Å². The molecule has 0 spiro atoms. The van der Waals surface area contributed by atoms with Crippen molar-refractivity contribution in [1.82, 2.24) is 0 Å². The Hall–Kier alpha value is 0.310. The number of thiol groups is 1. The van der Waals surface area contributed by atoms with Gasteiger partial charge in [-0.3, -0.25) is 0 Å². The normalized spacial score (nSPS) is 12.9. The third-order valence-electron chi connectivity index (χ3n) is 3.13. The van der Waals surface area contributed by atoms with Crippen LogP contribution in [-0.2, 0) is 4.74 Å². The fourth-order valence-corrected chi connectivity index (χ4v) is 2.28. The second-order valence-electron chi connectivity index (χ2n) is 5.17. The molecule has 2 heteroatoms. The van der Waals surface area contributed by atoms with E-state index >= 15 is 0 Å². The van der Waals surface area contributed by atoms with Crippen LogP contribution in [0.4, 0.5) is 0 Å². The molecule has 104 valence electrons. The molecule has 0 aliphatic heterocycles. The van der Waals surface area contributed by atoms with E-state index in [1.54, 1.807) is 0 Å². The van der Waals surface area contributed by atoms with Crippen molar-refractivity contribution in [3.8, 4) is 0 Å². The van der Waals surface area contributed by atoms with Gasteiger partial charge in [-0.05, 0) is 30.9 Å². The highest BCUT2D eigenvalue weighted by atomic mass is 32.1. The second-order valence-corrected chi connectivity index (χ2v) is 5.61. The van der Waals surface area contributed by atoms with Gasteiger partial charge in [-0.2, -0.15) is 12.6 Å². The standard InChI is InChI=1S/C15H32OS/c1-3-11-15(2)14-16-12-9-7-5-4-6-8-10-13-17/h15,17H,3-14H2,1-2H3. The molecule has 0 saturated heterocycles. The molecule has 0 aliphatic carbocycles. The van der Waals surface area contributed by atoms with Gasteiger partial charge in [-0.25, -0.2) is 0 Å². The van der Waals surface area contributed by atoms with Crippen LogP contribution in [0.2, 0.25) is 0 Å². The van der Waals surface area contributed by atoms with Crippen molar-refractivity contribution in [3.05, 3.63) is 0 Å². The van der Waals surface area contributed by atoms with E-state index in [1.807, 2.05) is 0 Å². The van der Waals surface area contributed by atoms with E-state index in [2.05, 4.69) is 26.5 Å². The predicted molar refractivity (Wildman–Crippen MR) is 81.1 cm³/mol. The fraction of sp³-hybridized carbons (Fsp3) is 1.00. The summed E-state index contributed by atoms with van der Waals surface area (Å²) in [5, 5.41) is 0. The van der Waals surface area contributed by atoms with Crippen molar-refractivity contribution in [2.45, 2.75) is 71.6 Å². The van der Waals surface area contributed by atoms with Gasteiger partial charge in [0.15, 0.2) is 0 Å².